The summed E-state index contributed by atoms with van der Waals surface area (Å²) in [6.07, 6.45) is 0. The Morgan fingerprint density at radius 1 is 1.11 bits per heavy atom. The Balaban J connectivity index is 2.44. The first-order valence-electron chi connectivity index (χ1n) is 6.00. The topological polar surface area (TPSA) is 32.7 Å². The molecule has 2 aromatic rings. The van der Waals surface area contributed by atoms with Crippen molar-refractivity contribution < 1.29 is 9.84 Å². The quantitative estimate of drug-likeness (QED) is 0.898. The summed E-state index contributed by atoms with van der Waals surface area (Å²) in [5, 5.41) is 11.7. The second-order valence-electron chi connectivity index (χ2n) is 4.63. The monoisotopic (exact) mass is 245 g/mol. The summed E-state index contributed by atoms with van der Waals surface area (Å²) in [7, 11) is 5.61. The van der Waals surface area contributed by atoms with E-state index < -0.39 is 0 Å². The Morgan fingerprint density at radius 3 is 2.39 bits per heavy atom. The van der Waals surface area contributed by atoms with Crippen LogP contribution in [0, 0.1) is 0 Å². The third-order valence-corrected chi connectivity index (χ3v) is 3.25. The van der Waals surface area contributed by atoms with Crippen LogP contribution in [0.1, 0.15) is 11.6 Å². The molecule has 0 aliphatic heterocycles. The van der Waals surface area contributed by atoms with Gasteiger partial charge in [0.1, 0.15) is 5.75 Å². The highest BCUT2D eigenvalue weighted by Gasteiger charge is 2.12. The number of hydrogen-bond donors (Lipinski definition) is 1. The maximum Gasteiger partial charge on any atom is 0.119 e. The molecule has 1 atom stereocenters. The second-order valence-corrected chi connectivity index (χ2v) is 4.63. The van der Waals surface area contributed by atoms with E-state index in [4.69, 9.17) is 4.74 Å². The van der Waals surface area contributed by atoms with Gasteiger partial charge in [0, 0.05) is 0 Å². The molecule has 0 radical (unpaired) electrons. The number of hydrogen-bond acceptors (Lipinski definition) is 3. The van der Waals surface area contributed by atoms with Crippen molar-refractivity contribution in [2.24, 2.45) is 0 Å². The van der Waals surface area contributed by atoms with Crippen molar-refractivity contribution in [2.75, 3.05) is 27.8 Å². The maximum absolute atomic E-state index is 9.44. The predicted octanol–water partition coefficient (Wildman–Crippen LogP) is 2.44. The Labute approximate surface area is 108 Å². The highest BCUT2D eigenvalue weighted by Crippen LogP contribution is 2.25. The number of fused-ring (bicyclic) bond motifs is 1. The van der Waals surface area contributed by atoms with Gasteiger partial charge in [-0.1, -0.05) is 18.2 Å². The van der Waals surface area contributed by atoms with Gasteiger partial charge in [0.25, 0.3) is 0 Å². The van der Waals surface area contributed by atoms with Crippen molar-refractivity contribution in [3.05, 3.63) is 42.0 Å². The number of nitrogens with zero attached hydrogens (tertiary/aromatic N) is 1. The fourth-order valence-corrected chi connectivity index (χ4v) is 2.14. The molecule has 0 bridgehead atoms. The number of methoxy groups -OCH3 is 1. The standard InChI is InChI=1S/C15H19NO2/c1-16(2)15(10-17)13-5-4-12-9-14(18-3)7-6-11(12)8-13/h4-9,15,17H,10H2,1-3H3. The van der Waals surface area contributed by atoms with E-state index in [0.717, 1.165) is 22.1 Å². The molecule has 1 N–H and O–H groups in total. The van der Waals surface area contributed by atoms with E-state index in [-0.39, 0.29) is 12.6 Å². The van der Waals surface area contributed by atoms with E-state index in [1.807, 2.05) is 37.2 Å². The molecule has 3 nitrogen and oxygen atoms in total. The number of aliphatic hydroxyl groups excluding tert-OH is 1. The van der Waals surface area contributed by atoms with E-state index in [0.29, 0.717) is 0 Å². The molecule has 96 valence electrons. The first-order valence-corrected chi connectivity index (χ1v) is 6.00. The van der Waals surface area contributed by atoms with Gasteiger partial charge in [-0.3, -0.25) is 0 Å². The fourth-order valence-electron chi connectivity index (χ4n) is 2.14. The van der Waals surface area contributed by atoms with Gasteiger partial charge < -0.3 is 14.7 Å². The Bertz CT molecular complexity index is 537. The zero-order valence-electron chi connectivity index (χ0n) is 11.1. The normalized spacial score (nSPS) is 12.9. The van der Waals surface area contributed by atoms with Crippen LogP contribution < -0.4 is 4.74 Å². The molecule has 2 rings (SSSR count). The number of rotatable bonds is 4. The van der Waals surface area contributed by atoms with Crippen molar-refractivity contribution in [1.29, 1.82) is 0 Å². The molecule has 18 heavy (non-hydrogen) atoms. The Hall–Kier alpha value is -1.58. The van der Waals surface area contributed by atoms with E-state index in [1.54, 1.807) is 7.11 Å². The van der Waals surface area contributed by atoms with Crippen LogP contribution in [0.3, 0.4) is 0 Å². The minimum absolute atomic E-state index is 0.0384. The van der Waals surface area contributed by atoms with Crippen molar-refractivity contribution in [3.8, 4) is 5.75 Å². The molecule has 0 aromatic heterocycles. The predicted molar refractivity (Wildman–Crippen MR) is 74.0 cm³/mol. The van der Waals surface area contributed by atoms with Gasteiger partial charge in [-0.25, -0.2) is 0 Å². The Kier molecular flexibility index (Phi) is 3.84. The summed E-state index contributed by atoms with van der Waals surface area (Å²) < 4.78 is 5.21. The molecule has 0 spiro atoms. The highest BCUT2D eigenvalue weighted by molar-refractivity contribution is 5.84. The van der Waals surface area contributed by atoms with Crippen LogP contribution in [0.15, 0.2) is 36.4 Å². The van der Waals surface area contributed by atoms with Crippen LogP contribution in [0.25, 0.3) is 10.8 Å². The van der Waals surface area contributed by atoms with Crippen LogP contribution in [0.2, 0.25) is 0 Å². The van der Waals surface area contributed by atoms with Crippen molar-refractivity contribution in [3.63, 3.8) is 0 Å². The van der Waals surface area contributed by atoms with Crippen molar-refractivity contribution >= 4 is 10.8 Å². The summed E-state index contributed by atoms with van der Waals surface area (Å²) in [4.78, 5) is 2.02. The zero-order valence-corrected chi connectivity index (χ0v) is 11.1. The minimum atomic E-state index is 0.0384. The lowest BCUT2D eigenvalue weighted by molar-refractivity contribution is 0.171. The lowest BCUT2D eigenvalue weighted by atomic mass is 10.0. The van der Waals surface area contributed by atoms with E-state index in [2.05, 4.69) is 18.2 Å². The largest absolute Gasteiger partial charge is 0.497 e. The molecule has 0 fully saturated rings. The SMILES string of the molecule is COc1ccc2cc(C(CO)N(C)C)ccc2c1. The van der Waals surface area contributed by atoms with E-state index in [1.165, 1.54) is 0 Å². The molecule has 1 unspecified atom stereocenters. The zero-order chi connectivity index (χ0) is 13.1. The van der Waals surface area contributed by atoms with Gasteiger partial charge in [0.15, 0.2) is 0 Å². The Morgan fingerprint density at radius 2 is 1.78 bits per heavy atom. The number of ether oxygens (including phenoxy) is 1. The number of benzene rings is 2. The molecule has 0 aliphatic carbocycles. The summed E-state index contributed by atoms with van der Waals surface area (Å²) in [6.45, 7) is 0.120. The molecule has 0 saturated carbocycles. The van der Waals surface area contributed by atoms with Gasteiger partial charge in [0.05, 0.1) is 19.8 Å². The smallest absolute Gasteiger partial charge is 0.119 e. The van der Waals surface area contributed by atoms with Gasteiger partial charge in [0.2, 0.25) is 0 Å². The lowest BCUT2D eigenvalue weighted by Crippen LogP contribution is -2.22. The average molecular weight is 245 g/mol. The second kappa shape index (κ2) is 5.38. The number of likely N-dealkylation sites (N-methyl/N-ethyl adjacent to an activating group) is 1. The fraction of sp³-hybridized carbons (Fsp3) is 0.333. The van der Waals surface area contributed by atoms with Crippen LogP contribution in [-0.2, 0) is 0 Å². The summed E-state index contributed by atoms with van der Waals surface area (Å²) in [5.74, 6) is 0.863. The molecular weight excluding hydrogens is 226 g/mol. The first kappa shape index (κ1) is 12.9. The third kappa shape index (κ3) is 2.47. The molecule has 3 heteroatoms. The lowest BCUT2D eigenvalue weighted by Gasteiger charge is -2.22. The van der Waals surface area contributed by atoms with E-state index in [9.17, 15) is 5.11 Å². The maximum atomic E-state index is 9.44. The summed E-state index contributed by atoms with van der Waals surface area (Å²) in [5.41, 5.74) is 1.13. The molecule has 0 aliphatic rings. The van der Waals surface area contributed by atoms with Gasteiger partial charge >= 0.3 is 0 Å². The summed E-state index contributed by atoms with van der Waals surface area (Å²) >= 11 is 0. The molecule has 2 aromatic carbocycles. The molecule has 0 saturated heterocycles. The van der Waals surface area contributed by atoms with Crippen molar-refractivity contribution in [1.82, 2.24) is 4.90 Å². The van der Waals surface area contributed by atoms with Crippen LogP contribution in [0.5, 0.6) is 5.75 Å². The van der Waals surface area contributed by atoms with Crippen LogP contribution in [0.4, 0.5) is 0 Å². The molecule has 0 amide bonds. The highest BCUT2D eigenvalue weighted by atomic mass is 16.5. The third-order valence-electron chi connectivity index (χ3n) is 3.25. The van der Waals surface area contributed by atoms with Crippen LogP contribution >= 0.6 is 0 Å². The minimum Gasteiger partial charge on any atom is -0.497 e. The van der Waals surface area contributed by atoms with Gasteiger partial charge in [-0.15, -0.1) is 0 Å². The van der Waals surface area contributed by atoms with Crippen LogP contribution in [-0.4, -0.2) is 37.8 Å². The van der Waals surface area contributed by atoms with E-state index >= 15 is 0 Å². The number of aliphatic hydroxyl groups is 1. The molecule has 0 heterocycles. The molecular formula is C15H19NO2. The average Bonchev–Trinajstić information content (AvgIpc) is 2.38. The van der Waals surface area contributed by atoms with Gasteiger partial charge in [-0.05, 0) is 48.6 Å². The van der Waals surface area contributed by atoms with Crippen molar-refractivity contribution in [2.45, 2.75) is 6.04 Å². The summed E-state index contributed by atoms with van der Waals surface area (Å²) in [6, 6.07) is 12.3. The first-order chi connectivity index (χ1) is 8.65. The van der Waals surface area contributed by atoms with Gasteiger partial charge in [-0.2, -0.15) is 0 Å².